The Hall–Kier alpha value is -1.53. The van der Waals surface area contributed by atoms with Crippen LogP contribution in [0.1, 0.15) is 22.7 Å². The summed E-state index contributed by atoms with van der Waals surface area (Å²) in [5.74, 6) is -1.32. The molecule has 2 nitrogen and oxygen atoms in total. The average molecular weight is 308 g/mol. The zero-order valence-corrected chi connectivity index (χ0v) is 11.0. The van der Waals surface area contributed by atoms with E-state index < -0.39 is 23.6 Å². The number of nitrogens with one attached hydrogen (secondary N) is 1. The highest BCUT2D eigenvalue weighted by Gasteiger charge is 2.34. The van der Waals surface area contributed by atoms with Crippen LogP contribution in [0.5, 0.6) is 0 Å². The molecule has 7 heteroatoms. The number of rotatable bonds is 3. The van der Waals surface area contributed by atoms with Crippen molar-refractivity contribution in [1.82, 2.24) is 5.32 Å². The summed E-state index contributed by atoms with van der Waals surface area (Å²) in [5.41, 5.74) is -0.455. The van der Waals surface area contributed by atoms with Crippen molar-refractivity contribution in [1.29, 1.82) is 0 Å². The normalized spacial score (nSPS) is 13.5. The first-order valence-electron chi connectivity index (χ1n) is 5.61. The Kier molecular flexibility index (Phi) is 4.06. The number of hydrogen-bond donors (Lipinski definition) is 1. The molecule has 1 aromatic carbocycles. The summed E-state index contributed by atoms with van der Waals surface area (Å²) >= 11 is 5.83. The lowest BCUT2D eigenvalue weighted by Crippen LogP contribution is -2.18. The Morgan fingerprint density at radius 2 is 1.95 bits per heavy atom. The van der Waals surface area contributed by atoms with Gasteiger partial charge in [0, 0.05) is 5.56 Å². The predicted octanol–water partition coefficient (Wildman–Crippen LogP) is 4.40. The van der Waals surface area contributed by atoms with Gasteiger partial charge in [0.05, 0.1) is 17.9 Å². The molecule has 2 aromatic rings. The van der Waals surface area contributed by atoms with Crippen molar-refractivity contribution in [2.24, 2.45) is 0 Å². The Morgan fingerprint density at radius 3 is 2.40 bits per heavy atom. The zero-order valence-electron chi connectivity index (χ0n) is 10.3. The van der Waals surface area contributed by atoms with Gasteiger partial charge < -0.3 is 9.73 Å². The summed E-state index contributed by atoms with van der Waals surface area (Å²) in [6.45, 7) is 0. The monoisotopic (exact) mass is 307 g/mol. The lowest BCUT2D eigenvalue weighted by Gasteiger charge is -2.17. The van der Waals surface area contributed by atoms with E-state index in [1.54, 1.807) is 13.1 Å². The van der Waals surface area contributed by atoms with E-state index in [1.807, 2.05) is 0 Å². The maximum atomic E-state index is 13.6. The number of hydrogen-bond acceptors (Lipinski definition) is 2. The van der Waals surface area contributed by atoms with Crippen molar-refractivity contribution in [3.8, 4) is 0 Å². The fourth-order valence-electron chi connectivity index (χ4n) is 1.95. The quantitative estimate of drug-likeness (QED) is 0.850. The average Bonchev–Trinajstić information content (AvgIpc) is 2.75. The van der Waals surface area contributed by atoms with Crippen LogP contribution in [0, 0.1) is 5.82 Å². The summed E-state index contributed by atoms with van der Waals surface area (Å²) in [6.07, 6.45) is -3.37. The van der Waals surface area contributed by atoms with E-state index in [2.05, 4.69) is 5.32 Å². The highest BCUT2D eigenvalue weighted by atomic mass is 35.5. The number of halogens is 5. The molecule has 0 aliphatic carbocycles. The number of furan rings is 1. The Balaban J connectivity index is 2.43. The van der Waals surface area contributed by atoms with E-state index in [-0.39, 0.29) is 5.22 Å². The molecule has 0 amide bonds. The van der Waals surface area contributed by atoms with E-state index >= 15 is 0 Å². The SMILES string of the molecule is CNC(c1ccc(C(F)(F)F)c(F)c1)c1ccoc1Cl. The molecule has 20 heavy (non-hydrogen) atoms. The van der Waals surface area contributed by atoms with Crippen molar-refractivity contribution in [3.05, 3.63) is 58.3 Å². The Bertz CT molecular complexity index is 609. The van der Waals surface area contributed by atoms with E-state index in [1.165, 1.54) is 12.3 Å². The third-order valence-electron chi connectivity index (χ3n) is 2.88. The second kappa shape index (κ2) is 5.46. The summed E-state index contributed by atoms with van der Waals surface area (Å²) in [7, 11) is 1.59. The molecule has 0 fully saturated rings. The molecule has 0 aliphatic heterocycles. The van der Waals surface area contributed by atoms with Gasteiger partial charge in [-0.25, -0.2) is 4.39 Å². The molecule has 0 radical (unpaired) electrons. The van der Waals surface area contributed by atoms with E-state index in [4.69, 9.17) is 16.0 Å². The maximum absolute atomic E-state index is 13.6. The van der Waals surface area contributed by atoms with Gasteiger partial charge in [-0.3, -0.25) is 0 Å². The molecule has 108 valence electrons. The molecule has 1 heterocycles. The predicted molar refractivity (Wildman–Crippen MR) is 66.0 cm³/mol. The summed E-state index contributed by atoms with van der Waals surface area (Å²) in [6, 6.07) is 3.77. The molecule has 0 aliphatic rings. The fraction of sp³-hybridized carbons (Fsp3) is 0.231. The van der Waals surface area contributed by atoms with Crippen LogP contribution in [0.3, 0.4) is 0 Å². The molecule has 0 bridgehead atoms. The van der Waals surface area contributed by atoms with E-state index in [0.29, 0.717) is 17.2 Å². The van der Waals surface area contributed by atoms with Gasteiger partial charge in [-0.2, -0.15) is 13.2 Å². The number of alkyl halides is 3. The highest BCUT2D eigenvalue weighted by molar-refractivity contribution is 6.29. The largest absolute Gasteiger partial charge is 0.453 e. The van der Waals surface area contributed by atoms with Crippen LogP contribution in [-0.4, -0.2) is 7.05 Å². The Morgan fingerprint density at radius 1 is 1.25 bits per heavy atom. The van der Waals surface area contributed by atoms with Gasteiger partial charge in [0.25, 0.3) is 0 Å². The van der Waals surface area contributed by atoms with Crippen molar-refractivity contribution < 1.29 is 22.0 Å². The van der Waals surface area contributed by atoms with Crippen molar-refractivity contribution in [2.45, 2.75) is 12.2 Å². The number of benzene rings is 1. The lowest BCUT2D eigenvalue weighted by atomic mass is 9.99. The molecule has 1 atom stereocenters. The molecule has 2 rings (SSSR count). The smallest absolute Gasteiger partial charge is 0.419 e. The molecular formula is C13H10ClF4NO. The van der Waals surface area contributed by atoms with Crippen molar-refractivity contribution >= 4 is 11.6 Å². The van der Waals surface area contributed by atoms with Gasteiger partial charge in [0.1, 0.15) is 5.82 Å². The first-order chi connectivity index (χ1) is 9.34. The third kappa shape index (κ3) is 2.81. The van der Waals surface area contributed by atoms with Crippen LogP contribution >= 0.6 is 11.6 Å². The lowest BCUT2D eigenvalue weighted by molar-refractivity contribution is -0.140. The molecule has 1 N–H and O–H groups in total. The van der Waals surface area contributed by atoms with Gasteiger partial charge in [-0.15, -0.1) is 0 Å². The van der Waals surface area contributed by atoms with Gasteiger partial charge in [-0.1, -0.05) is 6.07 Å². The minimum atomic E-state index is -4.72. The first kappa shape index (κ1) is 14.9. The molecule has 0 saturated carbocycles. The van der Waals surface area contributed by atoms with Gasteiger partial charge in [0.15, 0.2) is 5.22 Å². The van der Waals surface area contributed by atoms with Crippen molar-refractivity contribution in [3.63, 3.8) is 0 Å². The zero-order chi connectivity index (χ0) is 14.9. The van der Waals surface area contributed by atoms with Crippen molar-refractivity contribution in [2.75, 3.05) is 7.05 Å². The maximum Gasteiger partial charge on any atom is 0.419 e. The summed E-state index contributed by atoms with van der Waals surface area (Å²) < 4.78 is 56.0. The van der Waals surface area contributed by atoms with Crippen LogP contribution in [-0.2, 0) is 6.18 Å². The third-order valence-corrected chi connectivity index (χ3v) is 3.18. The van der Waals surface area contributed by atoms with Crippen LogP contribution in [0.2, 0.25) is 5.22 Å². The van der Waals surface area contributed by atoms with Gasteiger partial charge in [-0.05, 0) is 42.4 Å². The van der Waals surface area contributed by atoms with Crippen LogP contribution in [0.4, 0.5) is 17.6 Å². The first-order valence-corrected chi connectivity index (χ1v) is 5.99. The summed E-state index contributed by atoms with van der Waals surface area (Å²) in [5, 5.41) is 2.96. The fourth-order valence-corrected chi connectivity index (χ4v) is 2.18. The topological polar surface area (TPSA) is 25.2 Å². The second-order valence-corrected chi connectivity index (χ2v) is 4.45. The minimum Gasteiger partial charge on any atom is -0.453 e. The Labute approximate surface area is 117 Å². The molecule has 0 saturated heterocycles. The van der Waals surface area contributed by atoms with Crippen LogP contribution in [0.25, 0.3) is 0 Å². The second-order valence-electron chi connectivity index (χ2n) is 4.11. The van der Waals surface area contributed by atoms with Gasteiger partial charge in [0.2, 0.25) is 0 Å². The van der Waals surface area contributed by atoms with E-state index in [0.717, 1.165) is 6.07 Å². The van der Waals surface area contributed by atoms with Crippen LogP contribution < -0.4 is 5.32 Å². The summed E-state index contributed by atoms with van der Waals surface area (Å²) in [4.78, 5) is 0. The molecule has 1 unspecified atom stereocenters. The van der Waals surface area contributed by atoms with Gasteiger partial charge >= 0.3 is 6.18 Å². The van der Waals surface area contributed by atoms with E-state index in [9.17, 15) is 17.6 Å². The molecule has 1 aromatic heterocycles. The van der Waals surface area contributed by atoms with Crippen LogP contribution in [0.15, 0.2) is 34.9 Å². The molecule has 0 spiro atoms. The molecular weight excluding hydrogens is 298 g/mol. The highest BCUT2D eigenvalue weighted by Crippen LogP contribution is 2.34. The standard InChI is InChI=1S/C13H10ClF4NO/c1-19-11(8-4-5-20-12(8)14)7-2-3-9(10(15)6-7)13(16,17)18/h2-6,11,19H,1H3. The minimum absolute atomic E-state index is 0.102.